The van der Waals surface area contributed by atoms with Crippen LogP contribution in [0.15, 0.2) is 30.3 Å². The molecule has 1 atom stereocenters. The van der Waals surface area contributed by atoms with Crippen LogP contribution >= 0.6 is 11.6 Å². The zero-order valence-electron chi connectivity index (χ0n) is 8.48. The Balaban J connectivity index is 1.79. The molecule has 1 aromatic carbocycles. The average Bonchev–Trinajstić information content (AvgIpc) is 2.23. The number of ether oxygens (including phenoxy) is 1. The average molecular weight is 244 g/mol. The molecule has 0 spiro atoms. The fourth-order valence-electron chi connectivity index (χ4n) is 1.52. The molecule has 86 valence electrons. The van der Waals surface area contributed by atoms with Crippen molar-refractivity contribution in [3.8, 4) is 5.75 Å². The first-order valence-corrected chi connectivity index (χ1v) is 5.39. The van der Waals surface area contributed by atoms with Crippen LogP contribution in [-0.4, -0.2) is 35.6 Å². The second-order valence-corrected chi connectivity index (χ2v) is 3.98. The fourth-order valence-corrected chi connectivity index (χ4v) is 1.66. The number of nitrogens with zero attached hydrogens (tertiary/aromatic N) is 1. The molecule has 1 fully saturated rings. The van der Waals surface area contributed by atoms with Gasteiger partial charge in [0.25, 0.3) is 11.5 Å². The summed E-state index contributed by atoms with van der Waals surface area (Å²) in [5.41, 5.74) is -1.95. The van der Waals surface area contributed by atoms with Crippen molar-refractivity contribution in [1.82, 2.24) is 4.90 Å². The number of alkyl halides is 2. The first-order chi connectivity index (χ1) is 7.66. The Morgan fingerprint density at radius 1 is 1.44 bits per heavy atom. The van der Waals surface area contributed by atoms with E-state index in [4.69, 9.17) is 16.3 Å². The van der Waals surface area contributed by atoms with E-state index >= 15 is 0 Å². The molecule has 3 nitrogen and oxygen atoms in total. The van der Waals surface area contributed by atoms with Gasteiger partial charge in [0, 0.05) is 0 Å². The van der Waals surface area contributed by atoms with E-state index in [0.29, 0.717) is 13.1 Å². The summed E-state index contributed by atoms with van der Waals surface area (Å²) < 4.78 is 18.0. The SMILES string of the molecule is O=C(C(F)Cl)N1CC(Oc2ccccc2)C1. The van der Waals surface area contributed by atoms with Gasteiger partial charge in [0.1, 0.15) is 11.9 Å². The predicted molar refractivity (Wildman–Crippen MR) is 58.2 cm³/mol. The van der Waals surface area contributed by atoms with Gasteiger partial charge in [0.15, 0.2) is 0 Å². The van der Waals surface area contributed by atoms with Crippen LogP contribution < -0.4 is 4.74 Å². The maximum absolute atomic E-state index is 12.5. The van der Waals surface area contributed by atoms with Gasteiger partial charge in [-0.2, -0.15) is 0 Å². The van der Waals surface area contributed by atoms with Gasteiger partial charge in [-0.05, 0) is 12.1 Å². The second-order valence-electron chi connectivity index (χ2n) is 3.60. The summed E-state index contributed by atoms with van der Waals surface area (Å²) in [6.07, 6.45) is -0.0678. The molecule has 0 aliphatic carbocycles. The molecule has 2 rings (SSSR count). The van der Waals surface area contributed by atoms with Crippen molar-refractivity contribution in [3.63, 3.8) is 0 Å². The summed E-state index contributed by atoms with van der Waals surface area (Å²) >= 11 is 5.04. The molecule has 16 heavy (non-hydrogen) atoms. The van der Waals surface area contributed by atoms with Crippen LogP contribution in [0.25, 0.3) is 0 Å². The van der Waals surface area contributed by atoms with E-state index in [1.54, 1.807) is 0 Å². The van der Waals surface area contributed by atoms with Crippen LogP contribution in [0.2, 0.25) is 0 Å². The zero-order chi connectivity index (χ0) is 11.5. The van der Waals surface area contributed by atoms with Crippen molar-refractivity contribution < 1.29 is 13.9 Å². The summed E-state index contributed by atoms with van der Waals surface area (Å²) in [6.45, 7) is 0.779. The highest BCUT2D eigenvalue weighted by atomic mass is 35.5. The van der Waals surface area contributed by atoms with Crippen LogP contribution in [0.1, 0.15) is 0 Å². The number of halogens is 2. The maximum Gasteiger partial charge on any atom is 0.272 e. The van der Waals surface area contributed by atoms with Gasteiger partial charge in [0.2, 0.25) is 0 Å². The normalized spacial score (nSPS) is 17.8. The third-order valence-electron chi connectivity index (χ3n) is 2.39. The number of carbonyl (C=O) groups excluding carboxylic acids is 1. The van der Waals surface area contributed by atoms with E-state index in [9.17, 15) is 9.18 Å². The summed E-state index contributed by atoms with van der Waals surface area (Å²) in [5, 5.41) is 0. The summed E-state index contributed by atoms with van der Waals surface area (Å²) in [5.74, 6) is 0.0665. The summed E-state index contributed by atoms with van der Waals surface area (Å²) in [7, 11) is 0. The Kier molecular flexibility index (Phi) is 3.29. The number of carbonyl (C=O) groups is 1. The van der Waals surface area contributed by atoms with E-state index in [2.05, 4.69) is 0 Å². The Hall–Kier alpha value is -1.29. The lowest BCUT2D eigenvalue weighted by Crippen LogP contribution is -2.57. The third-order valence-corrected chi connectivity index (χ3v) is 2.58. The molecule has 1 aliphatic rings. The highest BCUT2D eigenvalue weighted by Crippen LogP contribution is 2.19. The Labute approximate surface area is 97.8 Å². The quantitative estimate of drug-likeness (QED) is 0.758. The first kappa shape index (κ1) is 11.2. The third kappa shape index (κ3) is 2.44. The maximum atomic E-state index is 12.5. The number of hydrogen-bond donors (Lipinski definition) is 0. The van der Waals surface area contributed by atoms with Crippen LogP contribution in [0.3, 0.4) is 0 Å². The van der Waals surface area contributed by atoms with Gasteiger partial charge in [0.05, 0.1) is 13.1 Å². The summed E-state index contributed by atoms with van der Waals surface area (Å²) in [4.78, 5) is 12.4. The number of hydrogen-bond acceptors (Lipinski definition) is 2. The topological polar surface area (TPSA) is 29.5 Å². The van der Waals surface area contributed by atoms with Gasteiger partial charge < -0.3 is 9.64 Å². The van der Waals surface area contributed by atoms with Gasteiger partial charge in [-0.15, -0.1) is 0 Å². The zero-order valence-corrected chi connectivity index (χ0v) is 9.23. The van der Waals surface area contributed by atoms with E-state index in [1.807, 2.05) is 30.3 Å². The van der Waals surface area contributed by atoms with Crippen molar-refractivity contribution in [2.45, 2.75) is 11.7 Å². The largest absolute Gasteiger partial charge is 0.487 e. The van der Waals surface area contributed by atoms with Crippen LogP contribution in [0, 0.1) is 0 Å². The predicted octanol–water partition coefficient (Wildman–Crippen LogP) is 1.81. The molecule has 0 saturated carbocycles. The minimum absolute atomic E-state index is 0.0678. The highest BCUT2D eigenvalue weighted by Gasteiger charge is 2.35. The smallest absolute Gasteiger partial charge is 0.272 e. The Morgan fingerprint density at radius 3 is 2.62 bits per heavy atom. The van der Waals surface area contributed by atoms with Gasteiger partial charge in [-0.1, -0.05) is 29.8 Å². The Bertz CT molecular complexity index is 366. The molecular formula is C11H11ClFNO2. The van der Waals surface area contributed by atoms with Crippen molar-refractivity contribution in [1.29, 1.82) is 0 Å². The van der Waals surface area contributed by atoms with Crippen molar-refractivity contribution in [2.24, 2.45) is 0 Å². The van der Waals surface area contributed by atoms with Crippen LogP contribution in [0.4, 0.5) is 4.39 Å². The lowest BCUT2D eigenvalue weighted by molar-refractivity contribution is -0.142. The molecule has 1 aromatic rings. The lowest BCUT2D eigenvalue weighted by atomic mass is 10.1. The van der Waals surface area contributed by atoms with Crippen LogP contribution in [0.5, 0.6) is 5.75 Å². The summed E-state index contributed by atoms with van der Waals surface area (Å²) in [6, 6.07) is 9.30. The first-order valence-electron chi connectivity index (χ1n) is 4.95. The minimum atomic E-state index is -1.95. The minimum Gasteiger partial charge on any atom is -0.487 e. The standard InChI is InChI=1S/C11H11ClFNO2/c12-10(13)11(15)14-6-9(7-14)16-8-4-2-1-3-5-8/h1-5,9-10H,6-7H2. The van der Waals surface area contributed by atoms with Crippen molar-refractivity contribution >= 4 is 17.5 Å². The molecule has 5 heteroatoms. The number of benzene rings is 1. The van der Waals surface area contributed by atoms with E-state index < -0.39 is 11.5 Å². The number of rotatable bonds is 3. The van der Waals surface area contributed by atoms with E-state index in [1.165, 1.54) is 4.90 Å². The Morgan fingerprint density at radius 2 is 2.06 bits per heavy atom. The van der Waals surface area contributed by atoms with Gasteiger partial charge in [-0.3, -0.25) is 4.79 Å². The number of para-hydroxylation sites is 1. The van der Waals surface area contributed by atoms with Gasteiger partial charge in [-0.25, -0.2) is 4.39 Å². The molecule has 0 N–H and O–H groups in total. The van der Waals surface area contributed by atoms with Crippen molar-refractivity contribution in [3.05, 3.63) is 30.3 Å². The molecule has 1 unspecified atom stereocenters. The van der Waals surface area contributed by atoms with E-state index in [-0.39, 0.29) is 6.10 Å². The monoisotopic (exact) mass is 243 g/mol. The van der Waals surface area contributed by atoms with Crippen molar-refractivity contribution in [2.75, 3.05) is 13.1 Å². The van der Waals surface area contributed by atoms with Crippen LogP contribution in [-0.2, 0) is 4.79 Å². The second kappa shape index (κ2) is 4.70. The molecule has 0 bridgehead atoms. The van der Waals surface area contributed by atoms with E-state index in [0.717, 1.165) is 5.75 Å². The molecule has 1 amide bonds. The lowest BCUT2D eigenvalue weighted by Gasteiger charge is -2.38. The van der Waals surface area contributed by atoms with Gasteiger partial charge >= 0.3 is 0 Å². The molecule has 1 saturated heterocycles. The molecule has 0 radical (unpaired) electrons. The number of amides is 1. The molecule has 1 heterocycles. The highest BCUT2D eigenvalue weighted by molar-refractivity contribution is 6.29. The molecular weight excluding hydrogens is 233 g/mol. The molecule has 1 aliphatic heterocycles. The fraction of sp³-hybridized carbons (Fsp3) is 0.364. The molecule has 0 aromatic heterocycles. The number of likely N-dealkylation sites (tertiary alicyclic amines) is 1.